The van der Waals surface area contributed by atoms with Crippen LogP contribution in [-0.4, -0.2) is 49.8 Å². The van der Waals surface area contributed by atoms with Gasteiger partial charge in [-0.1, -0.05) is 18.2 Å². The molecular weight excluding hydrogens is 404 g/mol. The molecule has 1 N–H and O–H groups in total. The van der Waals surface area contributed by atoms with E-state index in [1.54, 1.807) is 14.2 Å². The van der Waals surface area contributed by atoms with Gasteiger partial charge in [-0.05, 0) is 60.6 Å². The SMILES string of the molecule is COc1cc2c(cc1OC)[C@H](Cc1c[nH]c3ccccc13)N(C(=O)C1CCOCC1)CC2. The summed E-state index contributed by atoms with van der Waals surface area (Å²) in [5.41, 5.74) is 4.72. The van der Waals surface area contributed by atoms with E-state index in [1.165, 1.54) is 16.5 Å². The van der Waals surface area contributed by atoms with Gasteiger partial charge >= 0.3 is 0 Å². The van der Waals surface area contributed by atoms with Crippen LogP contribution in [0.5, 0.6) is 11.5 Å². The Morgan fingerprint density at radius 3 is 2.66 bits per heavy atom. The van der Waals surface area contributed by atoms with Crippen molar-refractivity contribution in [3.63, 3.8) is 0 Å². The van der Waals surface area contributed by atoms with Crippen molar-refractivity contribution in [1.29, 1.82) is 0 Å². The predicted molar refractivity (Wildman–Crippen MR) is 123 cm³/mol. The standard InChI is InChI=1S/C26H30N2O4/c1-30-24-14-18-7-10-28(26(29)17-8-11-32-12-9-17)23(21(18)15-25(24)31-2)13-19-16-27-22-6-4-3-5-20(19)22/h3-6,14-17,23,27H,7-13H2,1-2H3/t23-/m0/s1. The monoisotopic (exact) mass is 434 g/mol. The third kappa shape index (κ3) is 3.73. The summed E-state index contributed by atoms with van der Waals surface area (Å²) in [7, 11) is 3.32. The molecule has 1 saturated heterocycles. The minimum atomic E-state index is -0.0480. The first-order chi connectivity index (χ1) is 15.7. The van der Waals surface area contributed by atoms with E-state index in [9.17, 15) is 4.79 Å². The minimum Gasteiger partial charge on any atom is -0.493 e. The van der Waals surface area contributed by atoms with Crippen LogP contribution < -0.4 is 9.47 Å². The molecule has 2 aliphatic rings. The lowest BCUT2D eigenvalue weighted by Crippen LogP contribution is -2.45. The molecule has 6 nitrogen and oxygen atoms in total. The quantitative estimate of drug-likeness (QED) is 0.651. The second kappa shape index (κ2) is 8.87. The van der Waals surface area contributed by atoms with Crippen molar-refractivity contribution in [2.45, 2.75) is 31.7 Å². The molecule has 0 saturated carbocycles. The van der Waals surface area contributed by atoms with Crippen LogP contribution in [0.2, 0.25) is 0 Å². The molecule has 1 fully saturated rings. The molecule has 1 aromatic heterocycles. The van der Waals surface area contributed by atoms with Crippen molar-refractivity contribution in [2.24, 2.45) is 5.92 Å². The van der Waals surface area contributed by atoms with E-state index in [1.807, 2.05) is 6.07 Å². The summed E-state index contributed by atoms with van der Waals surface area (Å²) >= 11 is 0. The summed E-state index contributed by atoms with van der Waals surface area (Å²) in [4.78, 5) is 19.1. The summed E-state index contributed by atoms with van der Waals surface area (Å²) < 4.78 is 16.7. The third-order valence-corrected chi connectivity index (χ3v) is 6.94. The van der Waals surface area contributed by atoms with Crippen LogP contribution in [0, 0.1) is 5.92 Å². The molecule has 168 valence electrons. The number of ether oxygens (including phenoxy) is 3. The van der Waals surface area contributed by atoms with Gasteiger partial charge in [0.1, 0.15) is 0 Å². The van der Waals surface area contributed by atoms with E-state index >= 15 is 0 Å². The zero-order valence-corrected chi connectivity index (χ0v) is 18.7. The summed E-state index contributed by atoms with van der Waals surface area (Å²) in [6, 6.07) is 12.4. The van der Waals surface area contributed by atoms with Crippen molar-refractivity contribution in [3.8, 4) is 11.5 Å². The van der Waals surface area contributed by atoms with Gasteiger partial charge in [0.05, 0.1) is 20.3 Å². The van der Waals surface area contributed by atoms with Gasteiger partial charge in [0, 0.05) is 42.8 Å². The number of aromatic amines is 1. The van der Waals surface area contributed by atoms with Crippen molar-refractivity contribution in [2.75, 3.05) is 34.0 Å². The zero-order chi connectivity index (χ0) is 22.1. The number of amides is 1. The Bertz CT molecular complexity index is 1120. The second-order valence-electron chi connectivity index (χ2n) is 8.65. The smallest absolute Gasteiger partial charge is 0.226 e. The van der Waals surface area contributed by atoms with Crippen LogP contribution in [0.15, 0.2) is 42.6 Å². The van der Waals surface area contributed by atoms with E-state index in [0.717, 1.165) is 42.5 Å². The number of nitrogens with zero attached hydrogens (tertiary/aromatic N) is 1. The van der Waals surface area contributed by atoms with Crippen molar-refractivity contribution in [3.05, 3.63) is 59.3 Å². The second-order valence-corrected chi connectivity index (χ2v) is 8.65. The van der Waals surface area contributed by atoms with Gasteiger partial charge in [0.25, 0.3) is 0 Å². The lowest BCUT2D eigenvalue weighted by atomic mass is 9.86. The summed E-state index contributed by atoms with van der Waals surface area (Å²) in [5.74, 6) is 1.73. The zero-order valence-electron chi connectivity index (χ0n) is 18.7. The molecular formula is C26H30N2O4. The molecule has 0 aliphatic carbocycles. The number of para-hydroxylation sites is 1. The minimum absolute atomic E-state index is 0.0379. The van der Waals surface area contributed by atoms with E-state index < -0.39 is 0 Å². The fourth-order valence-corrected chi connectivity index (χ4v) is 5.20. The van der Waals surface area contributed by atoms with Gasteiger partial charge in [0.2, 0.25) is 5.91 Å². The molecule has 32 heavy (non-hydrogen) atoms. The van der Waals surface area contributed by atoms with Crippen molar-refractivity contribution >= 4 is 16.8 Å². The fourth-order valence-electron chi connectivity index (χ4n) is 5.20. The largest absolute Gasteiger partial charge is 0.493 e. The van der Waals surface area contributed by atoms with Gasteiger partial charge in [0.15, 0.2) is 11.5 Å². The average molecular weight is 435 g/mol. The maximum atomic E-state index is 13.6. The molecule has 2 aliphatic heterocycles. The van der Waals surface area contributed by atoms with Crippen LogP contribution in [0.4, 0.5) is 0 Å². The maximum Gasteiger partial charge on any atom is 0.226 e. The normalized spacial score (nSPS) is 19.1. The van der Waals surface area contributed by atoms with E-state index in [0.29, 0.717) is 25.5 Å². The molecule has 1 amide bonds. The maximum absolute atomic E-state index is 13.6. The number of carbonyl (C=O) groups is 1. The van der Waals surface area contributed by atoms with Crippen LogP contribution >= 0.6 is 0 Å². The molecule has 0 bridgehead atoms. The van der Waals surface area contributed by atoms with Crippen LogP contribution in [0.3, 0.4) is 0 Å². The highest BCUT2D eigenvalue weighted by molar-refractivity contribution is 5.84. The number of H-pyrrole nitrogens is 1. The molecule has 0 radical (unpaired) electrons. The highest BCUT2D eigenvalue weighted by Crippen LogP contribution is 2.41. The first kappa shape index (κ1) is 20.9. The van der Waals surface area contributed by atoms with Gasteiger partial charge in [-0.25, -0.2) is 0 Å². The van der Waals surface area contributed by atoms with Crippen LogP contribution in [-0.2, 0) is 22.4 Å². The van der Waals surface area contributed by atoms with Gasteiger partial charge in [-0.2, -0.15) is 0 Å². The number of methoxy groups -OCH3 is 2. The van der Waals surface area contributed by atoms with E-state index in [4.69, 9.17) is 14.2 Å². The summed E-state index contributed by atoms with van der Waals surface area (Å²) in [5, 5.41) is 1.21. The Morgan fingerprint density at radius 2 is 1.88 bits per heavy atom. The molecule has 0 spiro atoms. The van der Waals surface area contributed by atoms with Crippen molar-refractivity contribution in [1.82, 2.24) is 9.88 Å². The summed E-state index contributed by atoms with van der Waals surface area (Å²) in [6.07, 6.45) is 5.25. The number of rotatable bonds is 5. The number of benzene rings is 2. The molecule has 3 heterocycles. The highest BCUT2D eigenvalue weighted by Gasteiger charge is 2.36. The Kier molecular flexibility index (Phi) is 5.79. The van der Waals surface area contributed by atoms with Crippen LogP contribution in [0.25, 0.3) is 10.9 Å². The van der Waals surface area contributed by atoms with Gasteiger partial charge in [-0.3, -0.25) is 4.79 Å². The number of hydrogen-bond acceptors (Lipinski definition) is 4. The first-order valence-electron chi connectivity index (χ1n) is 11.4. The topological polar surface area (TPSA) is 63.8 Å². The molecule has 6 heteroatoms. The fraction of sp³-hybridized carbons (Fsp3) is 0.423. The first-order valence-corrected chi connectivity index (χ1v) is 11.4. The molecule has 1 atom stereocenters. The average Bonchev–Trinajstić information content (AvgIpc) is 3.26. The third-order valence-electron chi connectivity index (χ3n) is 6.94. The van der Waals surface area contributed by atoms with Crippen LogP contribution in [0.1, 0.15) is 35.6 Å². The van der Waals surface area contributed by atoms with Gasteiger partial charge < -0.3 is 24.1 Å². The highest BCUT2D eigenvalue weighted by atomic mass is 16.5. The summed E-state index contributed by atoms with van der Waals surface area (Å²) in [6.45, 7) is 2.05. The Hall–Kier alpha value is -2.99. The Balaban J connectivity index is 1.56. The molecule has 0 unspecified atom stereocenters. The number of fused-ring (bicyclic) bond motifs is 2. The predicted octanol–water partition coefficient (Wildman–Crippen LogP) is 4.28. The van der Waals surface area contributed by atoms with E-state index in [-0.39, 0.29) is 17.9 Å². The molecule has 5 rings (SSSR count). The Labute approximate surface area is 188 Å². The lowest BCUT2D eigenvalue weighted by molar-refractivity contribution is -0.141. The number of aromatic nitrogens is 1. The molecule has 3 aromatic rings. The van der Waals surface area contributed by atoms with Gasteiger partial charge in [-0.15, -0.1) is 0 Å². The number of hydrogen-bond donors (Lipinski definition) is 1. The van der Waals surface area contributed by atoms with Crippen molar-refractivity contribution < 1.29 is 19.0 Å². The number of carbonyl (C=O) groups excluding carboxylic acids is 1. The molecule has 2 aromatic carbocycles. The van der Waals surface area contributed by atoms with E-state index in [2.05, 4.69) is 46.4 Å². The number of nitrogens with one attached hydrogen (secondary N) is 1. The Morgan fingerprint density at radius 1 is 1.12 bits per heavy atom. The lowest BCUT2D eigenvalue weighted by Gasteiger charge is -2.40.